The maximum Gasteiger partial charge on any atom is 0.183 e. The Morgan fingerprint density at radius 1 is 1.30 bits per heavy atom. The van der Waals surface area contributed by atoms with Crippen molar-refractivity contribution in [3.8, 4) is 0 Å². The molecule has 1 heterocycles. The van der Waals surface area contributed by atoms with Crippen LogP contribution in [0, 0.1) is 0 Å². The Hall–Kier alpha value is -1.67. The fourth-order valence-electron chi connectivity index (χ4n) is 2.67. The van der Waals surface area contributed by atoms with Gasteiger partial charge in [0.05, 0.1) is 25.4 Å². The van der Waals surface area contributed by atoms with Gasteiger partial charge in [-0.15, -0.1) is 0 Å². The first kappa shape index (κ1) is 17.7. The maximum absolute atomic E-state index is 9.54. The number of rotatable bonds is 8. The second kappa shape index (κ2) is 8.83. The molecule has 0 bridgehead atoms. The van der Waals surface area contributed by atoms with Crippen LogP contribution in [-0.4, -0.2) is 56.6 Å². The zero-order valence-corrected chi connectivity index (χ0v) is 13.1. The van der Waals surface area contributed by atoms with E-state index in [4.69, 9.17) is 24.5 Å². The molecular weight excluding hydrogens is 302 g/mol. The van der Waals surface area contributed by atoms with Gasteiger partial charge in [-0.2, -0.15) is 0 Å². The van der Waals surface area contributed by atoms with Crippen LogP contribution in [0.25, 0.3) is 10.4 Å². The number of aliphatic hydroxyl groups excluding tert-OH is 1. The zero-order chi connectivity index (χ0) is 16.7. The molecule has 1 aromatic rings. The minimum Gasteiger partial charge on any atom is -0.394 e. The van der Waals surface area contributed by atoms with Gasteiger partial charge in [-0.25, -0.2) is 0 Å². The molecule has 8 nitrogen and oxygen atoms in total. The van der Waals surface area contributed by atoms with Crippen LogP contribution in [0.5, 0.6) is 0 Å². The molecule has 0 saturated carbocycles. The fourth-order valence-corrected chi connectivity index (χ4v) is 2.67. The van der Waals surface area contributed by atoms with Crippen molar-refractivity contribution >= 4 is 0 Å². The minimum absolute atomic E-state index is 0.256. The smallest absolute Gasteiger partial charge is 0.183 e. The molecule has 1 aliphatic heterocycles. The summed E-state index contributed by atoms with van der Waals surface area (Å²) >= 11 is 0. The summed E-state index contributed by atoms with van der Waals surface area (Å²) in [6.07, 6.45) is -2.58. The molecule has 1 aliphatic rings. The number of hydrogen-bond acceptors (Lipinski definition) is 6. The molecule has 23 heavy (non-hydrogen) atoms. The highest BCUT2D eigenvalue weighted by molar-refractivity contribution is 5.13. The largest absolute Gasteiger partial charge is 0.394 e. The van der Waals surface area contributed by atoms with E-state index in [0.717, 1.165) is 5.56 Å². The molecule has 1 aromatic carbocycles. The Morgan fingerprint density at radius 2 is 2.00 bits per heavy atom. The van der Waals surface area contributed by atoms with E-state index < -0.39 is 30.6 Å². The third kappa shape index (κ3) is 4.20. The molecule has 4 atom stereocenters. The summed E-state index contributed by atoms with van der Waals surface area (Å²) in [6.45, 7) is 0.0632. The van der Waals surface area contributed by atoms with Crippen LogP contribution in [0.2, 0.25) is 0 Å². The molecule has 0 aliphatic carbocycles. The number of ether oxygens (including phenoxy) is 4. The molecule has 0 aromatic heterocycles. The van der Waals surface area contributed by atoms with E-state index in [1.165, 1.54) is 14.2 Å². The van der Waals surface area contributed by atoms with Crippen molar-refractivity contribution in [1.82, 2.24) is 0 Å². The number of hydrogen-bond donors (Lipinski definition) is 1. The summed E-state index contributed by atoms with van der Waals surface area (Å²) in [4.78, 5) is 2.87. The fraction of sp³-hybridized carbons (Fsp3) is 0.600. The van der Waals surface area contributed by atoms with Gasteiger partial charge in [-0.1, -0.05) is 35.4 Å². The van der Waals surface area contributed by atoms with Crippen LogP contribution < -0.4 is 0 Å². The number of azide groups is 1. The van der Waals surface area contributed by atoms with Crippen LogP contribution in [0.1, 0.15) is 5.56 Å². The quantitative estimate of drug-likeness (QED) is 0.339. The lowest BCUT2D eigenvalue weighted by Crippen LogP contribution is -2.40. The number of nitrogens with zero attached hydrogens (tertiary/aromatic N) is 3. The molecule has 1 fully saturated rings. The van der Waals surface area contributed by atoms with Crippen molar-refractivity contribution in [3.05, 3.63) is 46.3 Å². The Kier molecular flexibility index (Phi) is 6.79. The topological polar surface area (TPSA) is 106 Å². The summed E-state index contributed by atoms with van der Waals surface area (Å²) in [7, 11) is 2.94. The van der Waals surface area contributed by atoms with Crippen LogP contribution >= 0.6 is 0 Å². The first-order valence-electron chi connectivity index (χ1n) is 7.26. The van der Waals surface area contributed by atoms with Crippen molar-refractivity contribution < 1.29 is 24.1 Å². The van der Waals surface area contributed by atoms with E-state index in [1.807, 2.05) is 30.3 Å². The maximum atomic E-state index is 9.54. The van der Waals surface area contributed by atoms with E-state index in [1.54, 1.807) is 0 Å². The summed E-state index contributed by atoms with van der Waals surface area (Å²) in [6, 6.07) is 8.93. The van der Waals surface area contributed by atoms with E-state index in [2.05, 4.69) is 10.0 Å². The van der Waals surface area contributed by atoms with Crippen molar-refractivity contribution in [3.63, 3.8) is 0 Å². The summed E-state index contributed by atoms with van der Waals surface area (Å²) in [5, 5.41) is 13.3. The average Bonchev–Trinajstić information content (AvgIpc) is 2.93. The molecule has 0 amide bonds. The number of benzene rings is 1. The van der Waals surface area contributed by atoms with Gasteiger partial charge >= 0.3 is 0 Å². The van der Waals surface area contributed by atoms with E-state index >= 15 is 0 Å². The lowest BCUT2D eigenvalue weighted by molar-refractivity contribution is -0.181. The first-order chi connectivity index (χ1) is 11.2. The van der Waals surface area contributed by atoms with Crippen molar-refractivity contribution in [2.75, 3.05) is 20.8 Å². The van der Waals surface area contributed by atoms with Crippen LogP contribution in [0.3, 0.4) is 0 Å². The highest BCUT2D eigenvalue weighted by Gasteiger charge is 2.48. The highest BCUT2D eigenvalue weighted by Crippen LogP contribution is 2.30. The van der Waals surface area contributed by atoms with Crippen LogP contribution in [0.4, 0.5) is 0 Å². The van der Waals surface area contributed by atoms with Gasteiger partial charge in [0.25, 0.3) is 0 Å². The highest BCUT2D eigenvalue weighted by atomic mass is 16.7. The zero-order valence-electron chi connectivity index (χ0n) is 13.1. The third-order valence-electron chi connectivity index (χ3n) is 3.75. The second-order valence-electron chi connectivity index (χ2n) is 5.12. The predicted molar refractivity (Wildman–Crippen MR) is 81.5 cm³/mol. The predicted octanol–water partition coefficient (Wildman–Crippen LogP) is 1.63. The molecular formula is C15H21N3O5. The third-order valence-corrected chi connectivity index (χ3v) is 3.75. The summed E-state index contributed by atoms with van der Waals surface area (Å²) in [5.41, 5.74) is 9.81. The van der Waals surface area contributed by atoms with Gasteiger partial charge in [0, 0.05) is 19.1 Å². The van der Waals surface area contributed by atoms with Crippen molar-refractivity contribution in [1.29, 1.82) is 0 Å². The van der Waals surface area contributed by atoms with Crippen molar-refractivity contribution in [2.24, 2.45) is 5.11 Å². The Bertz CT molecular complexity index is 519. The lowest BCUT2D eigenvalue weighted by Gasteiger charge is -2.24. The Labute approximate surface area is 134 Å². The Morgan fingerprint density at radius 3 is 2.57 bits per heavy atom. The monoisotopic (exact) mass is 323 g/mol. The van der Waals surface area contributed by atoms with E-state index in [-0.39, 0.29) is 6.61 Å². The SMILES string of the molecule is COC(OC)[C@H]1O[C@H](CO)[C@@H](OCc2ccccc2)[C@H]1N=[N+]=[N-]. The van der Waals surface area contributed by atoms with Gasteiger partial charge in [0.1, 0.15) is 12.2 Å². The molecule has 1 N–H and O–H groups in total. The van der Waals surface area contributed by atoms with Gasteiger partial charge in [-0.3, -0.25) is 0 Å². The summed E-state index contributed by atoms with van der Waals surface area (Å²) < 4.78 is 22.0. The lowest BCUT2D eigenvalue weighted by atomic mass is 10.0. The van der Waals surface area contributed by atoms with E-state index in [9.17, 15) is 5.11 Å². The minimum atomic E-state index is -0.718. The van der Waals surface area contributed by atoms with Gasteiger partial charge < -0.3 is 24.1 Å². The molecule has 1 saturated heterocycles. The van der Waals surface area contributed by atoms with Crippen molar-refractivity contribution in [2.45, 2.75) is 37.3 Å². The molecule has 0 unspecified atom stereocenters. The molecule has 0 spiro atoms. The van der Waals surface area contributed by atoms with Crippen LogP contribution in [-0.2, 0) is 25.6 Å². The average molecular weight is 323 g/mol. The molecule has 2 rings (SSSR count). The second-order valence-corrected chi connectivity index (χ2v) is 5.12. The van der Waals surface area contributed by atoms with Gasteiger partial charge in [0.2, 0.25) is 0 Å². The number of methoxy groups -OCH3 is 2. The molecule has 126 valence electrons. The standard InChI is InChI=1S/C15H21N3O5/c1-20-15(21-2)14-12(17-18-16)13(11(8-19)23-14)22-9-10-6-4-3-5-7-10/h3-7,11-15,19H,8-9H2,1-2H3/t11-,12-,13-,14+/m1/s1. The first-order valence-corrected chi connectivity index (χ1v) is 7.26. The summed E-state index contributed by atoms with van der Waals surface area (Å²) in [5.74, 6) is 0. The normalized spacial score (nSPS) is 27.1. The van der Waals surface area contributed by atoms with Gasteiger partial charge in [-0.05, 0) is 11.1 Å². The van der Waals surface area contributed by atoms with Crippen LogP contribution in [0.15, 0.2) is 35.4 Å². The number of aliphatic hydroxyl groups is 1. The molecule has 0 radical (unpaired) electrons. The molecule has 8 heteroatoms. The van der Waals surface area contributed by atoms with Gasteiger partial charge in [0.15, 0.2) is 6.29 Å². The Balaban J connectivity index is 2.14. The van der Waals surface area contributed by atoms with E-state index in [0.29, 0.717) is 6.61 Å².